The highest BCUT2D eigenvalue weighted by Crippen LogP contribution is 2.36. The van der Waals surface area contributed by atoms with E-state index >= 15 is 0 Å². The molecule has 1 aromatic heterocycles. The normalized spacial score (nSPS) is 12.4. The minimum atomic E-state index is -1.53. The first-order valence-corrected chi connectivity index (χ1v) is 10.5. The average molecular weight is 450 g/mol. The molecule has 0 amide bonds. The molecule has 2 aromatic rings. The van der Waals surface area contributed by atoms with Gasteiger partial charge >= 0.3 is 17.9 Å². The van der Waals surface area contributed by atoms with Gasteiger partial charge in [0.2, 0.25) is 0 Å². The van der Waals surface area contributed by atoms with Gasteiger partial charge in [-0.15, -0.1) is 0 Å². The second-order valence-electron chi connectivity index (χ2n) is 7.80. The maximum absolute atomic E-state index is 13.3. The van der Waals surface area contributed by atoms with E-state index in [1.54, 1.807) is 71.1 Å². The van der Waals surface area contributed by atoms with E-state index < -0.39 is 35.3 Å². The summed E-state index contributed by atoms with van der Waals surface area (Å²) in [7, 11) is 0. The van der Waals surface area contributed by atoms with Gasteiger partial charge in [0.15, 0.2) is 5.92 Å². The minimum absolute atomic E-state index is 0.0462. The first-order chi connectivity index (χ1) is 14.6. The van der Waals surface area contributed by atoms with E-state index in [1.165, 1.54) is 0 Å². The van der Waals surface area contributed by atoms with Crippen molar-refractivity contribution in [2.24, 2.45) is 5.92 Å². The van der Waals surface area contributed by atoms with Crippen molar-refractivity contribution in [3.8, 4) is 11.1 Å². The lowest BCUT2D eigenvalue weighted by atomic mass is 9.86. The molecule has 168 valence electrons. The number of carbonyl (C=O) groups is 3. The van der Waals surface area contributed by atoms with Gasteiger partial charge in [-0.2, -0.15) is 0 Å². The Kier molecular flexibility index (Phi) is 8.28. The number of rotatable bonds is 8. The lowest BCUT2D eigenvalue weighted by Crippen LogP contribution is -2.40. The molecule has 0 fully saturated rings. The molecule has 7 nitrogen and oxygen atoms in total. The van der Waals surface area contributed by atoms with Crippen LogP contribution >= 0.6 is 11.6 Å². The first-order valence-electron chi connectivity index (χ1n) is 10.1. The topological polar surface area (TPSA) is 94.7 Å². The number of benzene rings is 1. The zero-order valence-electron chi connectivity index (χ0n) is 18.4. The number of nitrogens with one attached hydrogen (secondary N) is 1. The molecule has 0 saturated carbocycles. The molecule has 2 rings (SSSR count). The number of H-pyrrole nitrogens is 1. The summed E-state index contributed by atoms with van der Waals surface area (Å²) in [6.45, 7) is 8.46. The van der Waals surface area contributed by atoms with E-state index in [-0.39, 0.29) is 13.2 Å². The van der Waals surface area contributed by atoms with Crippen LogP contribution in [0.5, 0.6) is 0 Å². The van der Waals surface area contributed by atoms with Crippen LogP contribution in [0.2, 0.25) is 5.02 Å². The zero-order valence-corrected chi connectivity index (χ0v) is 19.1. The van der Waals surface area contributed by atoms with Gasteiger partial charge in [-0.25, -0.2) is 0 Å². The predicted octanol–water partition coefficient (Wildman–Crippen LogP) is 4.50. The lowest BCUT2D eigenvalue weighted by molar-refractivity contribution is -0.172. The molecular weight excluding hydrogens is 422 g/mol. The van der Waals surface area contributed by atoms with Crippen LogP contribution in [0.4, 0.5) is 0 Å². The third kappa shape index (κ3) is 6.34. The maximum Gasteiger partial charge on any atom is 0.321 e. The molecule has 0 aliphatic carbocycles. The van der Waals surface area contributed by atoms with Crippen LogP contribution < -0.4 is 0 Å². The van der Waals surface area contributed by atoms with Gasteiger partial charge in [-0.3, -0.25) is 14.4 Å². The van der Waals surface area contributed by atoms with Gasteiger partial charge in [0.1, 0.15) is 11.5 Å². The van der Waals surface area contributed by atoms with Crippen molar-refractivity contribution < 1.29 is 28.6 Å². The second-order valence-corrected chi connectivity index (χ2v) is 8.24. The first kappa shape index (κ1) is 24.5. The van der Waals surface area contributed by atoms with Crippen LogP contribution in [-0.4, -0.2) is 41.7 Å². The molecule has 0 spiro atoms. The molecule has 1 heterocycles. The summed E-state index contributed by atoms with van der Waals surface area (Å²) in [4.78, 5) is 41.9. The summed E-state index contributed by atoms with van der Waals surface area (Å²) in [5, 5.41) is 0.556. The summed E-state index contributed by atoms with van der Waals surface area (Å²) >= 11 is 6.00. The Hall–Kier alpha value is -2.80. The standard InChI is InChI=1S/C23H28ClNO6/c1-6-29-20(26)18(21(27)30-7-2)17(22(28)31-23(3,4)5)19-16(12-13-25-19)14-8-10-15(24)11-9-14/h8-13,17-18,25H,6-7H2,1-5H3/t17-/m1/s1. The fourth-order valence-electron chi connectivity index (χ4n) is 3.14. The highest BCUT2D eigenvalue weighted by molar-refractivity contribution is 6.30. The number of halogens is 1. The highest BCUT2D eigenvalue weighted by Gasteiger charge is 2.46. The fourth-order valence-corrected chi connectivity index (χ4v) is 3.27. The average Bonchev–Trinajstić information content (AvgIpc) is 3.14. The Bertz CT molecular complexity index is 895. The number of esters is 3. The number of hydrogen-bond donors (Lipinski definition) is 1. The Morgan fingerprint density at radius 3 is 1.97 bits per heavy atom. The highest BCUT2D eigenvalue weighted by atomic mass is 35.5. The molecule has 0 bridgehead atoms. The number of ether oxygens (including phenoxy) is 3. The molecule has 0 saturated heterocycles. The van der Waals surface area contributed by atoms with Gasteiger partial charge in [-0.1, -0.05) is 23.7 Å². The number of carbonyl (C=O) groups excluding carboxylic acids is 3. The van der Waals surface area contributed by atoms with Crippen LogP contribution in [0, 0.1) is 5.92 Å². The molecule has 8 heteroatoms. The van der Waals surface area contributed by atoms with Crippen molar-refractivity contribution in [3.05, 3.63) is 47.2 Å². The van der Waals surface area contributed by atoms with Crippen LogP contribution in [0.3, 0.4) is 0 Å². The Labute approximate surface area is 187 Å². The number of aromatic amines is 1. The van der Waals surface area contributed by atoms with E-state index in [2.05, 4.69) is 4.98 Å². The minimum Gasteiger partial charge on any atom is -0.465 e. The van der Waals surface area contributed by atoms with Crippen LogP contribution in [-0.2, 0) is 28.6 Å². The predicted molar refractivity (Wildman–Crippen MR) is 117 cm³/mol. The molecule has 1 N–H and O–H groups in total. The van der Waals surface area contributed by atoms with E-state index in [0.29, 0.717) is 16.3 Å². The van der Waals surface area contributed by atoms with Crippen LogP contribution in [0.1, 0.15) is 46.2 Å². The van der Waals surface area contributed by atoms with Crippen molar-refractivity contribution in [2.75, 3.05) is 13.2 Å². The van der Waals surface area contributed by atoms with E-state index in [0.717, 1.165) is 5.56 Å². The molecule has 0 unspecified atom stereocenters. The van der Waals surface area contributed by atoms with Crippen molar-refractivity contribution in [2.45, 2.75) is 46.1 Å². The van der Waals surface area contributed by atoms with Crippen molar-refractivity contribution in [1.29, 1.82) is 0 Å². The monoisotopic (exact) mass is 449 g/mol. The van der Waals surface area contributed by atoms with Crippen molar-refractivity contribution in [3.63, 3.8) is 0 Å². The summed E-state index contributed by atoms with van der Waals surface area (Å²) in [5.41, 5.74) is 0.894. The third-order valence-electron chi connectivity index (χ3n) is 4.32. The summed E-state index contributed by atoms with van der Waals surface area (Å²) in [5.74, 6) is -5.27. The van der Waals surface area contributed by atoms with E-state index in [1.807, 2.05) is 0 Å². The molecule has 0 radical (unpaired) electrons. The SMILES string of the molecule is CCOC(=O)C(C(=O)OCC)[C@@H](C(=O)OC(C)(C)C)c1[nH]ccc1-c1ccc(Cl)cc1. The Morgan fingerprint density at radius 2 is 1.48 bits per heavy atom. The summed E-state index contributed by atoms with van der Waals surface area (Å²) < 4.78 is 15.8. The third-order valence-corrected chi connectivity index (χ3v) is 4.57. The molecule has 0 aliphatic heterocycles. The molecule has 31 heavy (non-hydrogen) atoms. The van der Waals surface area contributed by atoms with Gasteiger partial charge in [0.05, 0.1) is 13.2 Å². The molecule has 1 aromatic carbocycles. The number of aromatic nitrogens is 1. The fraction of sp³-hybridized carbons (Fsp3) is 0.435. The van der Waals surface area contributed by atoms with Crippen LogP contribution in [0.15, 0.2) is 36.5 Å². The quantitative estimate of drug-likeness (QED) is 0.362. The van der Waals surface area contributed by atoms with E-state index in [4.69, 9.17) is 25.8 Å². The van der Waals surface area contributed by atoms with Gasteiger partial charge in [0.25, 0.3) is 0 Å². The zero-order chi connectivity index (χ0) is 23.2. The van der Waals surface area contributed by atoms with E-state index in [9.17, 15) is 14.4 Å². The maximum atomic E-state index is 13.3. The van der Waals surface area contributed by atoms with Gasteiger partial charge in [-0.05, 0) is 58.4 Å². The largest absolute Gasteiger partial charge is 0.465 e. The smallest absolute Gasteiger partial charge is 0.321 e. The lowest BCUT2D eigenvalue weighted by Gasteiger charge is -2.27. The summed E-state index contributed by atoms with van der Waals surface area (Å²) in [6.07, 6.45) is 1.63. The number of hydrogen-bond acceptors (Lipinski definition) is 6. The van der Waals surface area contributed by atoms with Crippen molar-refractivity contribution in [1.82, 2.24) is 4.98 Å². The van der Waals surface area contributed by atoms with Gasteiger partial charge in [0, 0.05) is 22.5 Å². The molecule has 1 atom stereocenters. The Balaban J connectivity index is 2.64. The summed E-state index contributed by atoms with van der Waals surface area (Å²) in [6, 6.07) is 8.74. The van der Waals surface area contributed by atoms with Crippen molar-refractivity contribution >= 4 is 29.5 Å². The Morgan fingerprint density at radius 1 is 0.935 bits per heavy atom. The van der Waals surface area contributed by atoms with Gasteiger partial charge < -0.3 is 19.2 Å². The molecule has 0 aliphatic rings. The molecular formula is C23H28ClNO6. The second kappa shape index (κ2) is 10.5. The van der Waals surface area contributed by atoms with Crippen LogP contribution in [0.25, 0.3) is 11.1 Å².